The van der Waals surface area contributed by atoms with Crippen molar-refractivity contribution in [2.75, 3.05) is 36.0 Å². The predicted molar refractivity (Wildman–Crippen MR) is 89.5 cm³/mol. The van der Waals surface area contributed by atoms with Crippen LogP contribution in [0.3, 0.4) is 0 Å². The third-order valence-electron chi connectivity index (χ3n) is 4.30. The minimum Gasteiger partial charge on any atom is -0.368 e. The molecule has 23 heavy (non-hydrogen) atoms. The Kier molecular flexibility index (Phi) is 3.37. The highest BCUT2D eigenvalue weighted by atomic mass is 19.1. The summed E-state index contributed by atoms with van der Waals surface area (Å²) in [5.74, 6) is 0.764. The van der Waals surface area contributed by atoms with E-state index in [1.165, 1.54) is 12.1 Å². The van der Waals surface area contributed by atoms with Crippen LogP contribution < -0.4 is 9.80 Å². The van der Waals surface area contributed by atoms with Crippen molar-refractivity contribution in [1.82, 2.24) is 15.0 Å². The molecule has 0 aliphatic carbocycles. The van der Waals surface area contributed by atoms with Crippen LogP contribution in [0.2, 0.25) is 0 Å². The first kappa shape index (κ1) is 14.0. The molecule has 0 atom stereocenters. The number of rotatable bonds is 2. The van der Waals surface area contributed by atoms with Crippen molar-refractivity contribution in [2.24, 2.45) is 0 Å². The maximum Gasteiger partial charge on any atom is 0.156 e. The molecule has 3 aromatic rings. The Labute approximate surface area is 133 Å². The average molecular weight is 311 g/mol. The first-order chi connectivity index (χ1) is 11.2. The number of aromatic nitrogens is 3. The van der Waals surface area contributed by atoms with Crippen LogP contribution in [0.5, 0.6) is 0 Å². The molecule has 4 rings (SSSR count). The molecule has 1 fully saturated rings. The van der Waals surface area contributed by atoms with Gasteiger partial charge in [0.2, 0.25) is 0 Å². The molecule has 1 aliphatic rings. The molecule has 0 spiro atoms. The van der Waals surface area contributed by atoms with Gasteiger partial charge in [0.25, 0.3) is 0 Å². The van der Waals surface area contributed by atoms with E-state index in [4.69, 9.17) is 0 Å². The van der Waals surface area contributed by atoms with Crippen LogP contribution in [0.1, 0.15) is 5.69 Å². The zero-order valence-corrected chi connectivity index (χ0v) is 13.0. The van der Waals surface area contributed by atoms with Crippen molar-refractivity contribution >= 4 is 22.5 Å². The summed E-state index contributed by atoms with van der Waals surface area (Å²) in [5.41, 5.74) is 4.11. The number of nitrogens with zero attached hydrogens (tertiary/aromatic N) is 4. The van der Waals surface area contributed by atoms with Crippen LogP contribution >= 0.6 is 0 Å². The summed E-state index contributed by atoms with van der Waals surface area (Å²) in [7, 11) is 0. The first-order valence-corrected chi connectivity index (χ1v) is 7.76. The second kappa shape index (κ2) is 5.53. The van der Waals surface area contributed by atoms with Crippen LogP contribution in [0, 0.1) is 12.7 Å². The highest BCUT2D eigenvalue weighted by molar-refractivity contribution is 5.86. The average Bonchev–Trinajstić information content (AvgIpc) is 2.96. The summed E-state index contributed by atoms with van der Waals surface area (Å²) >= 11 is 0. The van der Waals surface area contributed by atoms with E-state index >= 15 is 0 Å². The van der Waals surface area contributed by atoms with Crippen molar-refractivity contribution in [2.45, 2.75) is 6.92 Å². The van der Waals surface area contributed by atoms with Crippen molar-refractivity contribution in [3.8, 4) is 0 Å². The minimum absolute atomic E-state index is 0.196. The number of aryl methyl sites for hydroxylation is 1. The molecule has 0 bridgehead atoms. The fourth-order valence-corrected chi connectivity index (χ4v) is 3.13. The van der Waals surface area contributed by atoms with Gasteiger partial charge < -0.3 is 14.8 Å². The summed E-state index contributed by atoms with van der Waals surface area (Å²) in [6.45, 7) is 5.55. The Bertz CT molecular complexity index is 819. The number of anilines is 2. The van der Waals surface area contributed by atoms with Crippen molar-refractivity contribution in [1.29, 1.82) is 0 Å². The molecule has 1 N–H and O–H groups in total. The van der Waals surface area contributed by atoms with Crippen LogP contribution in [0.25, 0.3) is 11.0 Å². The summed E-state index contributed by atoms with van der Waals surface area (Å²) < 4.78 is 13.0. The molecule has 1 aliphatic heterocycles. The van der Waals surface area contributed by atoms with E-state index in [2.05, 4.69) is 24.8 Å². The van der Waals surface area contributed by atoms with Crippen molar-refractivity contribution in [3.05, 3.63) is 48.2 Å². The lowest BCUT2D eigenvalue weighted by molar-refractivity contribution is 0.624. The minimum atomic E-state index is -0.196. The third-order valence-corrected chi connectivity index (χ3v) is 4.30. The standard InChI is InChI=1S/C17H18FN5/c1-12-10-15-16(21-12)17(20-11-19-15)23-8-6-22(7-9-23)14-4-2-13(18)3-5-14/h2-5,10-11,21H,6-9H2,1H3. The SMILES string of the molecule is Cc1cc2ncnc(N3CCN(c4ccc(F)cc4)CC3)c2[nH]1. The van der Waals surface area contributed by atoms with Gasteiger partial charge >= 0.3 is 0 Å². The number of aromatic amines is 1. The summed E-state index contributed by atoms with van der Waals surface area (Å²) in [4.78, 5) is 16.7. The number of piperazine rings is 1. The molecule has 0 amide bonds. The van der Waals surface area contributed by atoms with Gasteiger partial charge in [0.1, 0.15) is 17.7 Å². The van der Waals surface area contributed by atoms with Crippen molar-refractivity contribution < 1.29 is 4.39 Å². The number of halogens is 1. The van der Waals surface area contributed by atoms with Gasteiger partial charge in [-0.15, -0.1) is 0 Å². The Morgan fingerprint density at radius 3 is 2.43 bits per heavy atom. The van der Waals surface area contributed by atoms with E-state index in [1.807, 2.05) is 25.1 Å². The predicted octanol–water partition coefficient (Wildman–Crippen LogP) is 2.73. The molecule has 0 radical (unpaired) electrons. The fourth-order valence-electron chi connectivity index (χ4n) is 3.13. The topological polar surface area (TPSA) is 48.1 Å². The molecule has 1 saturated heterocycles. The Hall–Kier alpha value is -2.63. The van der Waals surface area contributed by atoms with Gasteiger partial charge in [-0.2, -0.15) is 0 Å². The summed E-state index contributed by atoms with van der Waals surface area (Å²) in [6, 6.07) is 8.73. The largest absolute Gasteiger partial charge is 0.368 e. The Morgan fingerprint density at radius 1 is 1.00 bits per heavy atom. The van der Waals surface area contributed by atoms with Gasteiger partial charge in [0, 0.05) is 37.6 Å². The summed E-state index contributed by atoms with van der Waals surface area (Å²) in [6.07, 6.45) is 1.62. The molecule has 5 nitrogen and oxygen atoms in total. The highest BCUT2D eigenvalue weighted by Crippen LogP contribution is 2.25. The lowest BCUT2D eigenvalue weighted by Gasteiger charge is -2.36. The normalized spacial score (nSPS) is 15.4. The molecular weight excluding hydrogens is 293 g/mol. The zero-order chi connectivity index (χ0) is 15.8. The maximum absolute atomic E-state index is 13.0. The molecule has 0 saturated carbocycles. The van der Waals surface area contributed by atoms with E-state index in [1.54, 1.807) is 6.33 Å². The fraction of sp³-hybridized carbons (Fsp3) is 0.294. The van der Waals surface area contributed by atoms with Gasteiger partial charge in [0.15, 0.2) is 5.82 Å². The lowest BCUT2D eigenvalue weighted by atomic mass is 10.2. The quantitative estimate of drug-likeness (QED) is 0.790. The maximum atomic E-state index is 13.0. The van der Waals surface area contributed by atoms with Crippen LogP contribution in [-0.4, -0.2) is 41.1 Å². The Balaban J connectivity index is 1.53. The van der Waals surface area contributed by atoms with Crippen LogP contribution in [0.4, 0.5) is 15.9 Å². The number of benzene rings is 1. The molecule has 118 valence electrons. The lowest BCUT2D eigenvalue weighted by Crippen LogP contribution is -2.47. The van der Waals surface area contributed by atoms with Crippen molar-refractivity contribution in [3.63, 3.8) is 0 Å². The molecule has 0 unspecified atom stereocenters. The molecule has 3 heterocycles. The first-order valence-electron chi connectivity index (χ1n) is 7.76. The zero-order valence-electron chi connectivity index (χ0n) is 13.0. The van der Waals surface area contributed by atoms with E-state index in [9.17, 15) is 4.39 Å². The number of hydrogen-bond acceptors (Lipinski definition) is 4. The van der Waals surface area contributed by atoms with Gasteiger partial charge in [-0.1, -0.05) is 0 Å². The molecule has 1 aromatic carbocycles. The highest BCUT2D eigenvalue weighted by Gasteiger charge is 2.20. The second-order valence-electron chi connectivity index (χ2n) is 5.86. The number of nitrogens with one attached hydrogen (secondary N) is 1. The summed E-state index contributed by atoms with van der Waals surface area (Å²) in [5, 5.41) is 0. The molecule has 6 heteroatoms. The molecule has 2 aromatic heterocycles. The van der Waals surface area contributed by atoms with Gasteiger partial charge in [-0.25, -0.2) is 14.4 Å². The Morgan fingerprint density at radius 2 is 1.70 bits per heavy atom. The van der Waals surface area contributed by atoms with E-state index in [0.29, 0.717) is 0 Å². The van der Waals surface area contributed by atoms with Crippen LogP contribution in [-0.2, 0) is 0 Å². The van der Waals surface area contributed by atoms with E-state index < -0.39 is 0 Å². The third kappa shape index (κ3) is 2.60. The van der Waals surface area contributed by atoms with E-state index in [0.717, 1.165) is 54.4 Å². The van der Waals surface area contributed by atoms with Crippen LogP contribution in [0.15, 0.2) is 36.7 Å². The van der Waals surface area contributed by atoms with Gasteiger partial charge in [-0.05, 0) is 37.3 Å². The number of fused-ring (bicyclic) bond motifs is 1. The number of H-pyrrole nitrogens is 1. The van der Waals surface area contributed by atoms with Gasteiger partial charge in [0.05, 0.1) is 5.52 Å². The van der Waals surface area contributed by atoms with Gasteiger partial charge in [-0.3, -0.25) is 0 Å². The molecular formula is C17H18FN5. The smallest absolute Gasteiger partial charge is 0.156 e. The second-order valence-corrected chi connectivity index (χ2v) is 5.86. The number of hydrogen-bond donors (Lipinski definition) is 1. The van der Waals surface area contributed by atoms with E-state index in [-0.39, 0.29) is 5.82 Å². The monoisotopic (exact) mass is 311 g/mol.